The lowest BCUT2D eigenvalue weighted by molar-refractivity contribution is -0.167. The molecule has 0 aliphatic carbocycles. The van der Waals surface area contributed by atoms with Crippen molar-refractivity contribution < 1.29 is 28.6 Å². The maximum atomic E-state index is 12.9. The fraction of sp³-hybridized carbons (Fsp3) is 0.767. The van der Waals surface area contributed by atoms with Gasteiger partial charge >= 0.3 is 17.9 Å². The van der Waals surface area contributed by atoms with E-state index in [0.29, 0.717) is 19.3 Å². The molecule has 0 saturated carbocycles. The van der Waals surface area contributed by atoms with Crippen molar-refractivity contribution in [2.45, 2.75) is 348 Å². The van der Waals surface area contributed by atoms with Crippen molar-refractivity contribution >= 4 is 17.9 Å². The number of rotatable bonds is 62. The van der Waals surface area contributed by atoms with Gasteiger partial charge in [0.2, 0.25) is 0 Å². The first-order valence-electron chi connectivity index (χ1n) is 34.1. The molecule has 1 atom stereocenters. The minimum absolute atomic E-state index is 0.0932. The van der Waals surface area contributed by atoms with Gasteiger partial charge in [-0.2, -0.15) is 0 Å². The summed E-state index contributed by atoms with van der Waals surface area (Å²) in [4.78, 5) is 38.3. The standard InChI is InChI=1S/C73H128O6/c1-4-7-10-13-16-19-22-25-28-29-30-31-32-33-34-35-36-37-38-39-40-41-42-43-46-48-51-54-57-60-63-66-72(75)78-69-70(79-73(76)67-64-61-58-55-52-49-45-27-24-21-18-15-12-9-6-3)68-77-71(74)65-62-59-56-53-50-47-44-26-23-20-17-14-11-8-5-2/h9,12,18,21-22,25-27,29-30,44-45,52,55,70H,4-8,10-11,13-17,19-20,23-24,28,31-43,46-51,53-54,56-69H2,1-3H3/b12-9-,21-18-,25-22-,30-29-,44-26-,45-27-,55-52-. The molecule has 0 saturated heterocycles. The van der Waals surface area contributed by atoms with Crippen LogP contribution in [0, 0.1) is 0 Å². The third-order valence-corrected chi connectivity index (χ3v) is 14.9. The first-order valence-corrected chi connectivity index (χ1v) is 34.1. The Hall–Kier alpha value is -3.41. The van der Waals surface area contributed by atoms with Gasteiger partial charge < -0.3 is 14.2 Å². The molecule has 6 nitrogen and oxygen atoms in total. The summed E-state index contributed by atoms with van der Waals surface area (Å²) in [6.07, 6.45) is 89.1. The number of ether oxygens (including phenoxy) is 3. The van der Waals surface area contributed by atoms with Gasteiger partial charge in [0.1, 0.15) is 13.2 Å². The largest absolute Gasteiger partial charge is 0.462 e. The van der Waals surface area contributed by atoms with Gasteiger partial charge in [0, 0.05) is 19.3 Å². The summed E-state index contributed by atoms with van der Waals surface area (Å²) in [6.45, 7) is 6.50. The van der Waals surface area contributed by atoms with Gasteiger partial charge in [0.25, 0.3) is 0 Å². The van der Waals surface area contributed by atoms with E-state index in [1.54, 1.807) is 0 Å². The van der Waals surface area contributed by atoms with E-state index in [2.05, 4.69) is 106 Å². The Morgan fingerprint density at radius 1 is 0.266 bits per heavy atom. The number of hydrogen-bond acceptors (Lipinski definition) is 6. The highest BCUT2D eigenvalue weighted by Gasteiger charge is 2.19. The molecule has 1 unspecified atom stereocenters. The van der Waals surface area contributed by atoms with Gasteiger partial charge in [0.05, 0.1) is 0 Å². The highest BCUT2D eigenvalue weighted by atomic mass is 16.6. The summed E-state index contributed by atoms with van der Waals surface area (Å²) in [6, 6.07) is 0. The van der Waals surface area contributed by atoms with Crippen LogP contribution < -0.4 is 0 Å². The van der Waals surface area contributed by atoms with Crippen LogP contribution in [0.3, 0.4) is 0 Å². The zero-order chi connectivity index (χ0) is 57.1. The fourth-order valence-electron chi connectivity index (χ4n) is 9.76. The van der Waals surface area contributed by atoms with E-state index in [9.17, 15) is 14.4 Å². The number of carbonyl (C=O) groups is 3. The van der Waals surface area contributed by atoms with E-state index < -0.39 is 6.10 Å². The van der Waals surface area contributed by atoms with Crippen molar-refractivity contribution in [3.63, 3.8) is 0 Å². The van der Waals surface area contributed by atoms with E-state index in [-0.39, 0.29) is 37.5 Å². The van der Waals surface area contributed by atoms with E-state index >= 15 is 0 Å². The van der Waals surface area contributed by atoms with Crippen molar-refractivity contribution in [2.75, 3.05) is 13.2 Å². The third kappa shape index (κ3) is 65.3. The number of esters is 3. The molecule has 456 valence electrons. The van der Waals surface area contributed by atoms with Crippen molar-refractivity contribution in [1.82, 2.24) is 0 Å². The zero-order valence-corrected chi connectivity index (χ0v) is 52.4. The first-order chi connectivity index (χ1) is 39.0. The minimum Gasteiger partial charge on any atom is -0.462 e. The molecule has 6 heteroatoms. The van der Waals surface area contributed by atoms with Crippen LogP contribution in [0.25, 0.3) is 0 Å². The summed E-state index contributed by atoms with van der Waals surface area (Å²) in [5, 5.41) is 0. The third-order valence-electron chi connectivity index (χ3n) is 14.9. The van der Waals surface area contributed by atoms with Crippen LogP contribution in [0.5, 0.6) is 0 Å². The molecule has 0 aromatic heterocycles. The zero-order valence-electron chi connectivity index (χ0n) is 52.4. The van der Waals surface area contributed by atoms with Gasteiger partial charge in [-0.15, -0.1) is 0 Å². The molecule has 0 heterocycles. The second-order valence-electron chi connectivity index (χ2n) is 22.7. The monoisotopic (exact) mass is 1100 g/mol. The fourth-order valence-corrected chi connectivity index (χ4v) is 9.76. The summed E-state index contributed by atoms with van der Waals surface area (Å²) in [5.41, 5.74) is 0. The molecular formula is C73H128O6. The van der Waals surface area contributed by atoms with Crippen molar-refractivity contribution in [3.8, 4) is 0 Å². The number of unbranched alkanes of at least 4 members (excludes halogenated alkanes) is 37. The number of allylic oxidation sites excluding steroid dienone is 14. The molecule has 0 amide bonds. The van der Waals surface area contributed by atoms with Crippen molar-refractivity contribution in [1.29, 1.82) is 0 Å². The molecule has 0 N–H and O–H groups in total. The van der Waals surface area contributed by atoms with Crippen LogP contribution in [0.1, 0.15) is 342 Å². The van der Waals surface area contributed by atoms with Crippen LogP contribution >= 0.6 is 0 Å². The number of hydrogen-bond donors (Lipinski definition) is 0. The summed E-state index contributed by atoms with van der Waals surface area (Å²) < 4.78 is 16.9. The van der Waals surface area contributed by atoms with Crippen LogP contribution in [0.2, 0.25) is 0 Å². The Kier molecular flexibility index (Phi) is 64.2. The predicted molar refractivity (Wildman–Crippen MR) is 344 cm³/mol. The van der Waals surface area contributed by atoms with Gasteiger partial charge in [-0.05, 0) is 116 Å². The predicted octanol–water partition coefficient (Wildman–Crippen LogP) is 23.4. The quantitative estimate of drug-likeness (QED) is 0.0261. The molecule has 0 spiro atoms. The average molecular weight is 1100 g/mol. The van der Waals surface area contributed by atoms with Crippen LogP contribution in [0.4, 0.5) is 0 Å². The van der Waals surface area contributed by atoms with Gasteiger partial charge in [0.15, 0.2) is 6.10 Å². The highest BCUT2D eigenvalue weighted by Crippen LogP contribution is 2.17. The Morgan fingerprint density at radius 2 is 0.494 bits per heavy atom. The van der Waals surface area contributed by atoms with Gasteiger partial charge in [-0.3, -0.25) is 14.4 Å². The SMILES string of the molecule is CC/C=C\C/C=C\C/C=C\C/C=C\CCCCC(=O)OC(COC(=O)CCCCCCC/C=C\CCCCCCCC)COC(=O)CCCCCCCCCCCCCCCCCCCCC/C=C\C/C=C\CCCCCCC. The molecule has 79 heavy (non-hydrogen) atoms. The molecule has 0 aliphatic heterocycles. The van der Waals surface area contributed by atoms with Crippen LogP contribution in [0.15, 0.2) is 85.1 Å². The minimum atomic E-state index is -0.801. The molecule has 0 aliphatic rings. The lowest BCUT2D eigenvalue weighted by Crippen LogP contribution is -2.30. The average Bonchev–Trinajstić information content (AvgIpc) is 3.45. The van der Waals surface area contributed by atoms with E-state index in [1.807, 2.05) is 0 Å². The second kappa shape index (κ2) is 67.1. The first kappa shape index (κ1) is 75.6. The topological polar surface area (TPSA) is 78.9 Å². The van der Waals surface area contributed by atoms with Crippen molar-refractivity contribution in [3.05, 3.63) is 85.1 Å². The van der Waals surface area contributed by atoms with Gasteiger partial charge in [-0.1, -0.05) is 292 Å². The molecule has 0 bridgehead atoms. The second-order valence-corrected chi connectivity index (χ2v) is 22.7. The van der Waals surface area contributed by atoms with Crippen molar-refractivity contribution in [2.24, 2.45) is 0 Å². The normalized spacial score (nSPS) is 12.6. The Morgan fingerprint density at radius 3 is 0.810 bits per heavy atom. The van der Waals surface area contributed by atoms with Crippen LogP contribution in [-0.4, -0.2) is 37.2 Å². The summed E-state index contributed by atoms with van der Waals surface area (Å²) in [7, 11) is 0. The van der Waals surface area contributed by atoms with Crippen LogP contribution in [-0.2, 0) is 28.6 Å². The molecule has 0 aromatic rings. The van der Waals surface area contributed by atoms with E-state index in [0.717, 1.165) is 89.9 Å². The lowest BCUT2D eigenvalue weighted by atomic mass is 10.0. The highest BCUT2D eigenvalue weighted by molar-refractivity contribution is 5.71. The molecule has 0 aromatic carbocycles. The maximum absolute atomic E-state index is 12.9. The lowest BCUT2D eigenvalue weighted by Gasteiger charge is -2.18. The Labute approximate surface area is 490 Å². The summed E-state index contributed by atoms with van der Waals surface area (Å²) >= 11 is 0. The van der Waals surface area contributed by atoms with Gasteiger partial charge in [-0.25, -0.2) is 0 Å². The maximum Gasteiger partial charge on any atom is 0.306 e. The Bertz CT molecular complexity index is 1500. The number of carbonyl (C=O) groups excluding carboxylic acids is 3. The van der Waals surface area contributed by atoms with E-state index in [1.165, 1.54) is 205 Å². The Balaban J connectivity index is 4.21. The van der Waals surface area contributed by atoms with E-state index in [4.69, 9.17) is 14.2 Å². The molecule has 0 radical (unpaired) electrons. The summed E-state index contributed by atoms with van der Waals surface area (Å²) in [5.74, 6) is -0.930. The smallest absolute Gasteiger partial charge is 0.306 e. The molecule has 0 fully saturated rings. The molecule has 0 rings (SSSR count). The molecular weight excluding hydrogens is 973 g/mol.